The van der Waals surface area contributed by atoms with Crippen molar-refractivity contribution in [2.45, 2.75) is 26.2 Å². The summed E-state index contributed by atoms with van der Waals surface area (Å²) in [5, 5.41) is 6.45. The van der Waals surface area contributed by atoms with E-state index in [4.69, 9.17) is 0 Å². The molecule has 0 unspecified atom stereocenters. The standard InChI is InChI=1S/C20H23N3O3S/c1-12-10-16(22-19(25)14-6-7-14)27-18(12)20(26)21-15-8-4-13(5-9-15)11-17(24)23(2)3/h4-5,8-10,14H,6-7,11H2,1-3H3,(H,21,26)(H,22,25). The molecule has 1 heterocycles. The zero-order valence-corrected chi connectivity index (χ0v) is 16.5. The number of nitrogens with one attached hydrogen (secondary N) is 2. The Morgan fingerprint density at radius 2 is 1.78 bits per heavy atom. The van der Waals surface area contributed by atoms with Gasteiger partial charge in [0.15, 0.2) is 0 Å². The van der Waals surface area contributed by atoms with Crippen LogP contribution in [0.4, 0.5) is 10.7 Å². The molecule has 27 heavy (non-hydrogen) atoms. The zero-order chi connectivity index (χ0) is 19.6. The van der Waals surface area contributed by atoms with Crippen LogP contribution < -0.4 is 10.6 Å². The van der Waals surface area contributed by atoms with Gasteiger partial charge in [-0.1, -0.05) is 12.1 Å². The molecule has 0 radical (unpaired) electrons. The fraction of sp³-hybridized carbons (Fsp3) is 0.350. The molecule has 7 heteroatoms. The number of hydrogen-bond acceptors (Lipinski definition) is 4. The molecule has 0 bridgehead atoms. The van der Waals surface area contributed by atoms with Crippen molar-refractivity contribution in [1.29, 1.82) is 0 Å². The molecule has 6 nitrogen and oxygen atoms in total. The van der Waals surface area contributed by atoms with Crippen molar-refractivity contribution in [1.82, 2.24) is 4.90 Å². The number of aryl methyl sites for hydroxylation is 1. The van der Waals surface area contributed by atoms with Gasteiger partial charge in [-0.15, -0.1) is 11.3 Å². The minimum Gasteiger partial charge on any atom is -0.349 e. The molecule has 142 valence electrons. The maximum atomic E-state index is 12.6. The molecule has 1 saturated carbocycles. The third-order valence-corrected chi connectivity index (χ3v) is 5.54. The van der Waals surface area contributed by atoms with Crippen molar-refractivity contribution in [3.05, 3.63) is 46.3 Å². The minimum atomic E-state index is -0.207. The second-order valence-corrected chi connectivity index (χ2v) is 8.05. The van der Waals surface area contributed by atoms with Crippen molar-refractivity contribution < 1.29 is 14.4 Å². The van der Waals surface area contributed by atoms with E-state index in [2.05, 4.69) is 10.6 Å². The lowest BCUT2D eigenvalue weighted by molar-refractivity contribution is -0.128. The fourth-order valence-corrected chi connectivity index (χ4v) is 3.54. The van der Waals surface area contributed by atoms with Gasteiger partial charge < -0.3 is 15.5 Å². The van der Waals surface area contributed by atoms with Crippen molar-refractivity contribution >= 4 is 39.7 Å². The first-order valence-corrected chi connectivity index (χ1v) is 9.67. The van der Waals surface area contributed by atoms with E-state index in [1.54, 1.807) is 31.1 Å². The maximum absolute atomic E-state index is 12.6. The van der Waals surface area contributed by atoms with Gasteiger partial charge in [-0.2, -0.15) is 0 Å². The lowest BCUT2D eigenvalue weighted by atomic mass is 10.1. The van der Waals surface area contributed by atoms with Crippen molar-refractivity contribution in [2.75, 3.05) is 24.7 Å². The highest BCUT2D eigenvalue weighted by atomic mass is 32.1. The number of nitrogens with zero attached hydrogens (tertiary/aromatic N) is 1. The van der Waals surface area contributed by atoms with Gasteiger partial charge in [0, 0.05) is 25.7 Å². The zero-order valence-electron chi connectivity index (χ0n) is 15.7. The van der Waals surface area contributed by atoms with E-state index in [9.17, 15) is 14.4 Å². The Labute approximate surface area is 162 Å². The molecule has 2 aromatic rings. The number of amides is 3. The highest BCUT2D eigenvalue weighted by molar-refractivity contribution is 7.18. The van der Waals surface area contributed by atoms with Crippen LogP contribution in [0.1, 0.15) is 33.6 Å². The molecule has 1 aliphatic rings. The highest BCUT2D eigenvalue weighted by Gasteiger charge is 2.30. The van der Waals surface area contributed by atoms with E-state index in [0.29, 0.717) is 22.0 Å². The van der Waals surface area contributed by atoms with E-state index in [1.165, 1.54) is 11.3 Å². The highest BCUT2D eigenvalue weighted by Crippen LogP contribution is 2.33. The molecule has 1 aromatic heterocycles. The summed E-state index contributed by atoms with van der Waals surface area (Å²) in [6, 6.07) is 9.07. The first-order chi connectivity index (χ1) is 12.8. The van der Waals surface area contributed by atoms with Crippen molar-refractivity contribution in [3.8, 4) is 0 Å². The van der Waals surface area contributed by atoms with Crippen LogP contribution in [0.25, 0.3) is 0 Å². The fourth-order valence-electron chi connectivity index (χ4n) is 2.56. The predicted octanol–water partition coefficient (Wildman–Crippen LogP) is 3.29. The molecule has 1 aliphatic carbocycles. The predicted molar refractivity (Wildman–Crippen MR) is 107 cm³/mol. The molecule has 1 fully saturated rings. The SMILES string of the molecule is Cc1cc(NC(=O)C2CC2)sc1C(=O)Nc1ccc(CC(=O)N(C)C)cc1. The largest absolute Gasteiger partial charge is 0.349 e. The van der Waals surface area contributed by atoms with Crippen LogP contribution in [0, 0.1) is 12.8 Å². The molecular weight excluding hydrogens is 362 g/mol. The minimum absolute atomic E-state index is 0.0294. The quantitative estimate of drug-likeness (QED) is 0.801. The summed E-state index contributed by atoms with van der Waals surface area (Å²) >= 11 is 1.28. The average molecular weight is 385 g/mol. The van der Waals surface area contributed by atoms with Crippen LogP contribution in [0.5, 0.6) is 0 Å². The number of rotatable bonds is 6. The van der Waals surface area contributed by atoms with Crippen LogP contribution in [0.2, 0.25) is 0 Å². The number of hydrogen-bond donors (Lipinski definition) is 2. The summed E-state index contributed by atoms with van der Waals surface area (Å²) in [5.74, 6) is -0.0167. The summed E-state index contributed by atoms with van der Waals surface area (Å²) in [6.07, 6.45) is 2.22. The molecule has 0 aliphatic heterocycles. The first kappa shape index (κ1) is 19.1. The van der Waals surface area contributed by atoms with E-state index in [0.717, 1.165) is 24.0 Å². The van der Waals surface area contributed by atoms with Gasteiger partial charge in [0.2, 0.25) is 11.8 Å². The number of thiophene rings is 1. The van der Waals surface area contributed by atoms with Gasteiger partial charge in [0.05, 0.1) is 16.3 Å². The number of carbonyl (C=O) groups excluding carboxylic acids is 3. The summed E-state index contributed by atoms with van der Waals surface area (Å²) in [6.45, 7) is 1.86. The van der Waals surface area contributed by atoms with E-state index >= 15 is 0 Å². The second-order valence-electron chi connectivity index (χ2n) is 7.00. The van der Waals surface area contributed by atoms with E-state index in [1.807, 2.05) is 25.1 Å². The molecule has 2 N–H and O–H groups in total. The smallest absolute Gasteiger partial charge is 0.266 e. The van der Waals surface area contributed by atoms with Gasteiger partial charge in [-0.25, -0.2) is 0 Å². The molecule has 0 atom stereocenters. The Morgan fingerprint density at radius 1 is 1.11 bits per heavy atom. The number of anilines is 2. The third-order valence-electron chi connectivity index (χ3n) is 4.38. The molecule has 0 saturated heterocycles. The lowest BCUT2D eigenvalue weighted by Gasteiger charge is -2.10. The van der Waals surface area contributed by atoms with Gasteiger partial charge >= 0.3 is 0 Å². The maximum Gasteiger partial charge on any atom is 0.266 e. The lowest BCUT2D eigenvalue weighted by Crippen LogP contribution is -2.23. The van der Waals surface area contributed by atoms with Crippen LogP contribution in [0.3, 0.4) is 0 Å². The molecular formula is C20H23N3O3S. The Hall–Kier alpha value is -2.67. The Bertz CT molecular complexity index is 867. The van der Waals surface area contributed by atoms with Crippen LogP contribution in [-0.2, 0) is 16.0 Å². The summed E-state index contributed by atoms with van der Waals surface area (Å²) in [4.78, 5) is 38.3. The summed E-state index contributed by atoms with van der Waals surface area (Å²) in [5.41, 5.74) is 2.39. The Morgan fingerprint density at radius 3 is 2.37 bits per heavy atom. The summed E-state index contributed by atoms with van der Waals surface area (Å²) < 4.78 is 0. The van der Waals surface area contributed by atoms with E-state index < -0.39 is 0 Å². The van der Waals surface area contributed by atoms with Gasteiger partial charge in [0.25, 0.3) is 5.91 Å². The monoisotopic (exact) mass is 385 g/mol. The average Bonchev–Trinajstić information content (AvgIpc) is 3.40. The topological polar surface area (TPSA) is 78.5 Å². The Balaban J connectivity index is 1.62. The van der Waals surface area contributed by atoms with Crippen LogP contribution in [-0.4, -0.2) is 36.7 Å². The van der Waals surface area contributed by atoms with Gasteiger partial charge in [0.1, 0.15) is 0 Å². The molecule has 3 amide bonds. The third kappa shape index (κ3) is 4.95. The van der Waals surface area contributed by atoms with Crippen molar-refractivity contribution in [2.24, 2.45) is 5.92 Å². The number of likely N-dealkylation sites (N-methyl/N-ethyl adjacent to an activating group) is 1. The molecule has 3 rings (SSSR count). The van der Waals surface area contributed by atoms with Gasteiger partial charge in [-0.05, 0) is 49.1 Å². The molecule has 1 aromatic carbocycles. The van der Waals surface area contributed by atoms with E-state index in [-0.39, 0.29) is 23.6 Å². The van der Waals surface area contributed by atoms with Gasteiger partial charge in [-0.3, -0.25) is 14.4 Å². The van der Waals surface area contributed by atoms with Crippen LogP contribution >= 0.6 is 11.3 Å². The first-order valence-electron chi connectivity index (χ1n) is 8.85. The summed E-state index contributed by atoms with van der Waals surface area (Å²) in [7, 11) is 3.45. The van der Waals surface area contributed by atoms with Crippen molar-refractivity contribution in [3.63, 3.8) is 0 Å². The normalized spacial score (nSPS) is 13.1. The number of carbonyl (C=O) groups is 3. The second kappa shape index (κ2) is 7.92. The molecule has 0 spiro atoms. The number of benzene rings is 1. The van der Waals surface area contributed by atoms with Crippen LogP contribution in [0.15, 0.2) is 30.3 Å². The Kier molecular flexibility index (Phi) is 5.60.